The average Bonchev–Trinajstić information content (AvgIpc) is 3.10. The largest absolute Gasteiger partial charge is 0.355 e. The number of aromatic nitrogens is 1. The van der Waals surface area contributed by atoms with Gasteiger partial charge in [0.2, 0.25) is 5.91 Å². The molecule has 1 atom stereocenters. The summed E-state index contributed by atoms with van der Waals surface area (Å²) in [7, 11) is -3.54. The zero-order valence-electron chi connectivity index (χ0n) is 14.1. The van der Waals surface area contributed by atoms with Gasteiger partial charge in [0.1, 0.15) is 4.21 Å². The van der Waals surface area contributed by atoms with Crippen LogP contribution in [0, 0.1) is 5.92 Å². The fraction of sp³-hybridized carbons (Fsp3) is 0.412. The van der Waals surface area contributed by atoms with Crippen LogP contribution in [0.25, 0.3) is 0 Å². The van der Waals surface area contributed by atoms with Crippen LogP contribution in [0.3, 0.4) is 0 Å². The molecule has 3 heterocycles. The molecule has 1 aliphatic heterocycles. The van der Waals surface area contributed by atoms with E-state index < -0.39 is 10.0 Å². The van der Waals surface area contributed by atoms with Crippen LogP contribution >= 0.6 is 27.3 Å². The number of pyridine rings is 1. The molecule has 1 N–H and O–H groups in total. The minimum absolute atomic E-state index is 0.0896. The lowest BCUT2D eigenvalue weighted by molar-refractivity contribution is -0.126. The van der Waals surface area contributed by atoms with E-state index >= 15 is 0 Å². The van der Waals surface area contributed by atoms with Crippen molar-refractivity contribution in [3.63, 3.8) is 0 Å². The van der Waals surface area contributed by atoms with E-state index in [1.165, 1.54) is 15.6 Å². The first-order chi connectivity index (χ1) is 12.5. The van der Waals surface area contributed by atoms with Crippen molar-refractivity contribution in [1.29, 1.82) is 0 Å². The van der Waals surface area contributed by atoms with E-state index in [9.17, 15) is 13.2 Å². The number of nitrogens with one attached hydrogen (secondary N) is 1. The first-order valence-electron chi connectivity index (χ1n) is 8.40. The van der Waals surface area contributed by atoms with Gasteiger partial charge in [-0.2, -0.15) is 4.31 Å². The number of halogens is 1. The maximum Gasteiger partial charge on any atom is 0.252 e. The molecule has 1 amide bonds. The highest BCUT2D eigenvalue weighted by Gasteiger charge is 2.33. The standard InChI is InChI=1S/C17H20BrN3O3S2/c18-15-6-7-16(25-15)26(23,24)21-11-3-4-13(12-21)17(22)20-10-8-14-5-1-2-9-19-14/h1-2,5-7,9,13H,3-4,8,10-12H2,(H,20,22)/t13-/m0/s1. The number of carbonyl (C=O) groups excluding carboxylic acids is 1. The maximum absolute atomic E-state index is 12.7. The van der Waals surface area contributed by atoms with Gasteiger partial charge in [-0.05, 0) is 53.0 Å². The summed E-state index contributed by atoms with van der Waals surface area (Å²) in [5.74, 6) is -0.404. The highest BCUT2D eigenvalue weighted by molar-refractivity contribution is 9.11. The monoisotopic (exact) mass is 457 g/mol. The van der Waals surface area contributed by atoms with Gasteiger partial charge in [0.25, 0.3) is 10.0 Å². The molecule has 6 nitrogen and oxygen atoms in total. The molecular formula is C17H20BrN3O3S2. The third kappa shape index (κ3) is 4.70. The summed E-state index contributed by atoms with van der Waals surface area (Å²) in [6.07, 6.45) is 3.77. The number of rotatable bonds is 6. The van der Waals surface area contributed by atoms with Gasteiger partial charge >= 0.3 is 0 Å². The predicted molar refractivity (Wildman–Crippen MR) is 104 cm³/mol. The minimum Gasteiger partial charge on any atom is -0.355 e. The molecule has 26 heavy (non-hydrogen) atoms. The zero-order chi connectivity index (χ0) is 18.6. The fourth-order valence-electron chi connectivity index (χ4n) is 2.94. The Morgan fingerprint density at radius 3 is 2.88 bits per heavy atom. The van der Waals surface area contributed by atoms with Crippen molar-refractivity contribution < 1.29 is 13.2 Å². The van der Waals surface area contributed by atoms with Gasteiger partial charge in [0, 0.05) is 37.9 Å². The van der Waals surface area contributed by atoms with Crippen LogP contribution in [-0.2, 0) is 21.2 Å². The van der Waals surface area contributed by atoms with E-state index in [1.807, 2.05) is 18.2 Å². The Morgan fingerprint density at radius 1 is 1.35 bits per heavy atom. The van der Waals surface area contributed by atoms with Crippen LogP contribution in [0.2, 0.25) is 0 Å². The van der Waals surface area contributed by atoms with Crippen LogP contribution in [0.1, 0.15) is 18.5 Å². The quantitative estimate of drug-likeness (QED) is 0.722. The molecule has 1 saturated heterocycles. The Labute approximate surface area is 165 Å². The van der Waals surface area contributed by atoms with E-state index in [0.29, 0.717) is 36.6 Å². The highest BCUT2D eigenvalue weighted by atomic mass is 79.9. The van der Waals surface area contributed by atoms with E-state index in [-0.39, 0.29) is 18.4 Å². The summed E-state index contributed by atoms with van der Waals surface area (Å²) in [6.45, 7) is 1.18. The Hall–Kier alpha value is -1.29. The van der Waals surface area contributed by atoms with Crippen molar-refractivity contribution in [2.75, 3.05) is 19.6 Å². The van der Waals surface area contributed by atoms with Gasteiger partial charge in [-0.1, -0.05) is 6.07 Å². The van der Waals surface area contributed by atoms with Crippen LogP contribution in [-0.4, -0.2) is 43.2 Å². The molecule has 3 rings (SSSR count). The molecule has 0 radical (unpaired) electrons. The predicted octanol–water partition coefficient (Wildman–Crippen LogP) is 2.67. The smallest absolute Gasteiger partial charge is 0.252 e. The van der Waals surface area contributed by atoms with Crippen molar-refractivity contribution in [3.05, 3.63) is 46.0 Å². The second-order valence-electron chi connectivity index (χ2n) is 6.12. The number of amides is 1. The molecule has 1 fully saturated rings. The average molecular weight is 458 g/mol. The van der Waals surface area contributed by atoms with Gasteiger partial charge in [0.05, 0.1) is 9.70 Å². The van der Waals surface area contributed by atoms with Gasteiger partial charge < -0.3 is 5.32 Å². The maximum atomic E-state index is 12.7. The summed E-state index contributed by atoms with van der Waals surface area (Å²) in [6, 6.07) is 9.01. The Balaban J connectivity index is 1.56. The van der Waals surface area contributed by atoms with Gasteiger partial charge in [-0.3, -0.25) is 9.78 Å². The number of hydrogen-bond acceptors (Lipinski definition) is 5. The normalized spacial score (nSPS) is 18.6. The van der Waals surface area contributed by atoms with Crippen molar-refractivity contribution in [3.8, 4) is 0 Å². The Kier molecular flexibility index (Phi) is 6.44. The van der Waals surface area contributed by atoms with Gasteiger partial charge in [0.15, 0.2) is 0 Å². The molecule has 2 aromatic rings. The SMILES string of the molecule is O=C(NCCc1ccccn1)[C@H]1CCCN(S(=O)(=O)c2ccc(Br)s2)C1. The van der Waals surface area contributed by atoms with Gasteiger partial charge in [-0.15, -0.1) is 11.3 Å². The third-order valence-corrected chi connectivity index (χ3v) is 8.26. The number of nitrogens with zero attached hydrogens (tertiary/aromatic N) is 2. The lowest BCUT2D eigenvalue weighted by Crippen LogP contribution is -2.45. The lowest BCUT2D eigenvalue weighted by Gasteiger charge is -2.30. The summed E-state index contributed by atoms with van der Waals surface area (Å²) >= 11 is 4.49. The van der Waals surface area contributed by atoms with E-state index in [1.54, 1.807) is 18.3 Å². The third-order valence-electron chi connectivity index (χ3n) is 4.30. The lowest BCUT2D eigenvalue weighted by atomic mass is 9.99. The van der Waals surface area contributed by atoms with Crippen LogP contribution in [0.5, 0.6) is 0 Å². The number of hydrogen-bond donors (Lipinski definition) is 1. The molecular weight excluding hydrogens is 438 g/mol. The second kappa shape index (κ2) is 8.60. The van der Waals surface area contributed by atoms with Crippen LogP contribution < -0.4 is 5.32 Å². The summed E-state index contributed by atoms with van der Waals surface area (Å²) in [5, 5.41) is 2.91. The summed E-state index contributed by atoms with van der Waals surface area (Å²) in [4.78, 5) is 16.7. The summed E-state index contributed by atoms with van der Waals surface area (Å²) < 4.78 is 28.0. The molecule has 0 unspecified atom stereocenters. The van der Waals surface area contributed by atoms with E-state index in [0.717, 1.165) is 9.48 Å². The fourth-order valence-corrected chi connectivity index (χ4v) is 6.63. The first-order valence-corrected chi connectivity index (χ1v) is 11.4. The molecule has 9 heteroatoms. The number of piperidine rings is 1. The minimum atomic E-state index is -3.54. The molecule has 0 spiro atoms. The Bertz CT molecular complexity index is 855. The zero-order valence-corrected chi connectivity index (χ0v) is 17.3. The molecule has 0 aromatic carbocycles. The molecule has 140 valence electrons. The Morgan fingerprint density at radius 2 is 2.19 bits per heavy atom. The number of carbonyl (C=O) groups is 1. The first kappa shape index (κ1) is 19.5. The van der Waals surface area contributed by atoms with Crippen molar-refractivity contribution >= 4 is 43.2 Å². The highest BCUT2D eigenvalue weighted by Crippen LogP contribution is 2.30. The molecule has 1 aliphatic rings. The van der Waals surface area contributed by atoms with Crippen molar-refractivity contribution in [2.45, 2.75) is 23.5 Å². The number of thiophene rings is 1. The van der Waals surface area contributed by atoms with Crippen molar-refractivity contribution in [1.82, 2.24) is 14.6 Å². The number of sulfonamides is 1. The second-order valence-corrected chi connectivity index (χ2v) is 10.8. The van der Waals surface area contributed by atoms with Gasteiger partial charge in [-0.25, -0.2) is 8.42 Å². The van der Waals surface area contributed by atoms with E-state index in [4.69, 9.17) is 0 Å². The summed E-state index contributed by atoms with van der Waals surface area (Å²) in [5.41, 5.74) is 0.920. The van der Waals surface area contributed by atoms with Crippen molar-refractivity contribution in [2.24, 2.45) is 5.92 Å². The molecule has 0 bridgehead atoms. The molecule has 0 aliphatic carbocycles. The van der Waals surface area contributed by atoms with Crippen LogP contribution in [0.4, 0.5) is 0 Å². The molecule has 2 aromatic heterocycles. The van der Waals surface area contributed by atoms with E-state index in [2.05, 4.69) is 26.2 Å². The topological polar surface area (TPSA) is 79.4 Å². The van der Waals surface area contributed by atoms with Crippen LogP contribution in [0.15, 0.2) is 44.5 Å². The molecule has 0 saturated carbocycles.